The third-order valence-corrected chi connectivity index (χ3v) is 3.29. The molecule has 0 unspecified atom stereocenters. The Morgan fingerprint density at radius 3 is 2.25 bits per heavy atom. The molecule has 2 N–H and O–H groups in total. The highest BCUT2D eigenvalue weighted by molar-refractivity contribution is 5.51. The summed E-state index contributed by atoms with van der Waals surface area (Å²) in [5.74, 6) is -1.04. The van der Waals surface area contributed by atoms with Crippen LogP contribution in [0.15, 0.2) is 12.1 Å². The first-order valence-corrected chi connectivity index (χ1v) is 5.54. The van der Waals surface area contributed by atoms with Gasteiger partial charge in [0.1, 0.15) is 17.3 Å². The van der Waals surface area contributed by atoms with Crippen LogP contribution < -0.4 is 10.6 Å². The first-order chi connectivity index (χ1) is 7.63. The Morgan fingerprint density at radius 1 is 1.31 bits per heavy atom. The van der Waals surface area contributed by atoms with Crippen molar-refractivity contribution in [2.45, 2.75) is 31.8 Å². The SMILES string of the molecule is CN(c1c(F)cc(CN)cc1F)C1CCC1. The van der Waals surface area contributed by atoms with Crippen LogP contribution in [0.4, 0.5) is 14.5 Å². The van der Waals surface area contributed by atoms with E-state index in [4.69, 9.17) is 5.73 Å². The second-order valence-electron chi connectivity index (χ2n) is 4.31. The van der Waals surface area contributed by atoms with Crippen LogP contribution in [0.5, 0.6) is 0 Å². The minimum Gasteiger partial charge on any atom is -0.367 e. The molecular weight excluding hydrogens is 210 g/mol. The molecule has 0 amide bonds. The number of nitrogens with zero attached hydrogens (tertiary/aromatic N) is 1. The molecule has 0 radical (unpaired) electrons. The van der Waals surface area contributed by atoms with E-state index in [-0.39, 0.29) is 18.3 Å². The number of rotatable bonds is 3. The normalized spacial score (nSPS) is 16.0. The Labute approximate surface area is 94.0 Å². The van der Waals surface area contributed by atoms with Gasteiger partial charge in [-0.1, -0.05) is 0 Å². The maximum Gasteiger partial charge on any atom is 0.149 e. The van der Waals surface area contributed by atoms with E-state index in [1.165, 1.54) is 12.1 Å². The number of hydrogen-bond donors (Lipinski definition) is 1. The van der Waals surface area contributed by atoms with E-state index in [1.54, 1.807) is 11.9 Å². The monoisotopic (exact) mass is 226 g/mol. The van der Waals surface area contributed by atoms with E-state index in [0.29, 0.717) is 5.56 Å². The van der Waals surface area contributed by atoms with Crippen molar-refractivity contribution in [3.63, 3.8) is 0 Å². The van der Waals surface area contributed by atoms with Crippen LogP contribution in [0.2, 0.25) is 0 Å². The van der Waals surface area contributed by atoms with Gasteiger partial charge in [0.15, 0.2) is 0 Å². The lowest BCUT2D eigenvalue weighted by Crippen LogP contribution is -2.38. The highest BCUT2D eigenvalue weighted by Gasteiger charge is 2.26. The number of benzene rings is 1. The van der Waals surface area contributed by atoms with Crippen LogP contribution in [0.1, 0.15) is 24.8 Å². The fraction of sp³-hybridized carbons (Fsp3) is 0.500. The number of anilines is 1. The van der Waals surface area contributed by atoms with Gasteiger partial charge in [0.2, 0.25) is 0 Å². The van der Waals surface area contributed by atoms with E-state index in [2.05, 4.69) is 0 Å². The summed E-state index contributed by atoms with van der Waals surface area (Å²) < 4.78 is 27.5. The Hall–Kier alpha value is -1.16. The first-order valence-electron chi connectivity index (χ1n) is 5.54. The van der Waals surface area contributed by atoms with Crippen molar-refractivity contribution in [1.29, 1.82) is 0 Å². The fourth-order valence-corrected chi connectivity index (χ4v) is 2.03. The molecular formula is C12H16F2N2. The molecule has 0 atom stereocenters. The van der Waals surface area contributed by atoms with E-state index >= 15 is 0 Å². The number of hydrogen-bond acceptors (Lipinski definition) is 2. The zero-order valence-corrected chi connectivity index (χ0v) is 9.34. The molecule has 88 valence electrons. The van der Waals surface area contributed by atoms with E-state index < -0.39 is 11.6 Å². The Kier molecular flexibility index (Phi) is 3.10. The van der Waals surface area contributed by atoms with Gasteiger partial charge in [-0.15, -0.1) is 0 Å². The average molecular weight is 226 g/mol. The van der Waals surface area contributed by atoms with Crippen molar-refractivity contribution in [2.75, 3.05) is 11.9 Å². The van der Waals surface area contributed by atoms with Gasteiger partial charge in [0, 0.05) is 19.6 Å². The summed E-state index contributed by atoms with van der Waals surface area (Å²) in [4.78, 5) is 1.70. The van der Waals surface area contributed by atoms with Crippen molar-refractivity contribution >= 4 is 5.69 Å². The highest BCUT2D eigenvalue weighted by Crippen LogP contribution is 2.32. The molecule has 0 bridgehead atoms. The summed E-state index contributed by atoms with van der Waals surface area (Å²) in [7, 11) is 1.74. The molecule has 1 aromatic rings. The molecule has 2 rings (SSSR count). The minimum absolute atomic E-state index is 0.0712. The second-order valence-corrected chi connectivity index (χ2v) is 4.31. The average Bonchev–Trinajstić information content (AvgIpc) is 2.13. The van der Waals surface area contributed by atoms with E-state index in [1.807, 2.05) is 0 Å². The molecule has 0 spiro atoms. The maximum absolute atomic E-state index is 13.7. The summed E-state index contributed by atoms with van der Waals surface area (Å²) in [6, 6.07) is 2.90. The summed E-state index contributed by atoms with van der Waals surface area (Å²) in [6.07, 6.45) is 3.15. The van der Waals surface area contributed by atoms with E-state index in [9.17, 15) is 8.78 Å². The largest absolute Gasteiger partial charge is 0.367 e. The number of halogens is 2. The first kappa shape index (κ1) is 11.3. The smallest absolute Gasteiger partial charge is 0.149 e. The molecule has 1 aromatic carbocycles. The molecule has 1 fully saturated rings. The van der Waals surface area contributed by atoms with Gasteiger partial charge in [-0.25, -0.2) is 8.78 Å². The van der Waals surface area contributed by atoms with Gasteiger partial charge in [-0.05, 0) is 37.0 Å². The fourth-order valence-electron chi connectivity index (χ4n) is 2.03. The van der Waals surface area contributed by atoms with Crippen LogP contribution in [0.25, 0.3) is 0 Å². The molecule has 0 heterocycles. The third kappa shape index (κ3) is 1.89. The number of nitrogens with two attached hydrogens (primary N) is 1. The lowest BCUT2D eigenvalue weighted by molar-refractivity contribution is 0.393. The summed E-state index contributed by atoms with van der Waals surface area (Å²) >= 11 is 0. The molecule has 1 aliphatic carbocycles. The molecule has 0 saturated heterocycles. The van der Waals surface area contributed by atoms with Crippen LogP contribution in [-0.2, 0) is 6.54 Å². The molecule has 0 aliphatic heterocycles. The quantitative estimate of drug-likeness (QED) is 0.857. The molecule has 1 aliphatic rings. The van der Waals surface area contributed by atoms with E-state index in [0.717, 1.165) is 19.3 Å². The van der Waals surface area contributed by atoms with Crippen LogP contribution in [-0.4, -0.2) is 13.1 Å². The zero-order valence-electron chi connectivity index (χ0n) is 9.34. The van der Waals surface area contributed by atoms with Crippen molar-refractivity contribution in [1.82, 2.24) is 0 Å². The van der Waals surface area contributed by atoms with Crippen LogP contribution >= 0.6 is 0 Å². The van der Waals surface area contributed by atoms with Gasteiger partial charge >= 0.3 is 0 Å². The van der Waals surface area contributed by atoms with Gasteiger partial charge in [0.05, 0.1) is 0 Å². The minimum atomic E-state index is -0.519. The molecule has 1 saturated carbocycles. The van der Waals surface area contributed by atoms with Crippen molar-refractivity contribution in [2.24, 2.45) is 5.73 Å². The topological polar surface area (TPSA) is 29.3 Å². The molecule has 0 aromatic heterocycles. The van der Waals surface area contributed by atoms with Gasteiger partial charge in [-0.2, -0.15) is 0 Å². The van der Waals surface area contributed by atoms with Crippen LogP contribution in [0.3, 0.4) is 0 Å². The third-order valence-electron chi connectivity index (χ3n) is 3.29. The lowest BCUT2D eigenvalue weighted by Gasteiger charge is -2.36. The van der Waals surface area contributed by atoms with Gasteiger partial charge in [-0.3, -0.25) is 0 Å². The Bertz CT molecular complexity index is 366. The predicted octanol–water partition coefficient (Wildman–Crippen LogP) is 2.41. The van der Waals surface area contributed by atoms with Crippen molar-refractivity contribution < 1.29 is 8.78 Å². The Balaban J connectivity index is 2.32. The van der Waals surface area contributed by atoms with Crippen molar-refractivity contribution in [3.8, 4) is 0 Å². The van der Waals surface area contributed by atoms with Gasteiger partial charge in [0.25, 0.3) is 0 Å². The summed E-state index contributed by atoms with van der Waals surface area (Å²) in [6.45, 7) is 0.154. The lowest BCUT2D eigenvalue weighted by atomic mass is 9.91. The Morgan fingerprint density at radius 2 is 1.88 bits per heavy atom. The molecule has 16 heavy (non-hydrogen) atoms. The predicted molar refractivity (Wildman–Crippen MR) is 60.3 cm³/mol. The second kappa shape index (κ2) is 4.37. The molecule has 2 nitrogen and oxygen atoms in total. The summed E-state index contributed by atoms with van der Waals surface area (Å²) in [5, 5.41) is 0. The van der Waals surface area contributed by atoms with Gasteiger partial charge < -0.3 is 10.6 Å². The van der Waals surface area contributed by atoms with Crippen molar-refractivity contribution in [3.05, 3.63) is 29.3 Å². The van der Waals surface area contributed by atoms with Crippen LogP contribution in [0, 0.1) is 11.6 Å². The highest BCUT2D eigenvalue weighted by atomic mass is 19.1. The molecule has 4 heteroatoms. The standard InChI is InChI=1S/C12H16F2N2/c1-16(9-3-2-4-9)12-10(13)5-8(7-15)6-11(12)14/h5-6,9H,2-4,7,15H2,1H3. The zero-order chi connectivity index (χ0) is 11.7. The maximum atomic E-state index is 13.7. The summed E-state index contributed by atoms with van der Waals surface area (Å²) in [5.41, 5.74) is 5.92.